The molecule has 1 amide bonds. The summed E-state index contributed by atoms with van der Waals surface area (Å²) in [5, 5.41) is 2.50. The Hall–Kier alpha value is -0.320. The van der Waals surface area contributed by atoms with Crippen molar-refractivity contribution in [2.75, 3.05) is 6.54 Å². The van der Waals surface area contributed by atoms with E-state index in [2.05, 4.69) is 21.2 Å². The maximum absolute atomic E-state index is 12.9. The lowest BCUT2D eigenvalue weighted by Crippen LogP contribution is -2.27. The number of hydrogen-bond acceptors (Lipinski definition) is 1. The molecule has 15 heavy (non-hydrogen) atoms. The molecule has 2 nitrogen and oxygen atoms in total. The highest BCUT2D eigenvalue weighted by atomic mass is 79.9. The number of alkyl halides is 2. The summed E-state index contributed by atoms with van der Waals surface area (Å²) in [4.78, 5) is 10.8. The normalized spacial score (nSPS) is 10.5. The predicted octanol–water partition coefficient (Wildman–Crippen LogP) is 3.12. The Morgan fingerprint density at radius 3 is 2.73 bits per heavy atom. The van der Waals surface area contributed by atoms with Gasteiger partial charge < -0.3 is 5.32 Å². The van der Waals surface area contributed by atoms with Crippen molar-refractivity contribution < 1.29 is 9.18 Å². The van der Waals surface area contributed by atoms with Gasteiger partial charge in [-0.15, -0.1) is 23.2 Å². The lowest BCUT2D eigenvalue weighted by molar-refractivity contribution is 0.0955. The predicted molar refractivity (Wildman–Crippen MR) is 61.9 cm³/mol. The lowest BCUT2D eigenvalue weighted by atomic mass is 10.2. The number of carbonyl (C=O) groups is 1. The van der Waals surface area contributed by atoms with Crippen LogP contribution in [-0.4, -0.2) is 17.3 Å². The van der Waals surface area contributed by atoms with Crippen molar-refractivity contribution in [3.05, 3.63) is 34.1 Å². The van der Waals surface area contributed by atoms with E-state index in [9.17, 15) is 9.18 Å². The fourth-order valence-electron chi connectivity index (χ4n) is 0.909. The molecule has 1 aromatic carbocycles. The van der Waals surface area contributed by atoms with Crippen molar-refractivity contribution in [2.45, 2.75) is 4.84 Å². The molecule has 0 unspecified atom stereocenters. The Labute approximate surface area is 105 Å². The van der Waals surface area contributed by atoms with Gasteiger partial charge in [0, 0.05) is 12.1 Å². The molecule has 82 valence electrons. The van der Waals surface area contributed by atoms with Gasteiger partial charge in [0.25, 0.3) is 5.91 Å². The van der Waals surface area contributed by atoms with Gasteiger partial charge in [0.05, 0.1) is 4.47 Å². The minimum atomic E-state index is -0.655. The Morgan fingerprint density at radius 2 is 2.20 bits per heavy atom. The number of carbonyl (C=O) groups excluding carboxylic acids is 1. The number of benzene rings is 1. The van der Waals surface area contributed by atoms with E-state index in [0.29, 0.717) is 5.56 Å². The van der Waals surface area contributed by atoms with Crippen LogP contribution in [0.15, 0.2) is 22.7 Å². The minimum Gasteiger partial charge on any atom is -0.349 e. The minimum absolute atomic E-state index is 0.150. The van der Waals surface area contributed by atoms with E-state index in [1.807, 2.05) is 0 Å². The molecule has 0 fully saturated rings. The Balaban J connectivity index is 2.70. The van der Waals surface area contributed by atoms with E-state index in [0.717, 1.165) is 0 Å². The summed E-state index contributed by atoms with van der Waals surface area (Å²) in [6, 6.07) is 3.98. The molecule has 0 bridgehead atoms. The van der Waals surface area contributed by atoms with Gasteiger partial charge >= 0.3 is 0 Å². The van der Waals surface area contributed by atoms with Gasteiger partial charge in [-0.25, -0.2) is 4.39 Å². The largest absolute Gasteiger partial charge is 0.349 e. The molecule has 0 heterocycles. The number of hydrogen-bond donors (Lipinski definition) is 1. The topological polar surface area (TPSA) is 29.1 Å². The molecule has 1 aromatic rings. The van der Waals surface area contributed by atoms with E-state index in [1.54, 1.807) is 0 Å². The molecular formula is C9H7BrCl2FNO. The van der Waals surface area contributed by atoms with Crippen LogP contribution in [0.3, 0.4) is 0 Å². The summed E-state index contributed by atoms with van der Waals surface area (Å²) in [6.07, 6.45) is 0. The molecule has 1 N–H and O–H groups in total. The molecule has 0 saturated carbocycles. The molecule has 0 saturated heterocycles. The molecule has 0 radical (unpaired) electrons. The zero-order valence-corrected chi connectivity index (χ0v) is 10.5. The van der Waals surface area contributed by atoms with Crippen LogP contribution in [0.25, 0.3) is 0 Å². The fraction of sp³-hybridized carbons (Fsp3) is 0.222. The van der Waals surface area contributed by atoms with Crippen LogP contribution in [0.5, 0.6) is 0 Å². The first-order valence-corrected chi connectivity index (χ1v) is 5.68. The average Bonchev–Trinajstić information content (AvgIpc) is 2.18. The first kappa shape index (κ1) is 12.7. The Morgan fingerprint density at radius 1 is 1.53 bits per heavy atom. The maximum Gasteiger partial charge on any atom is 0.251 e. The highest BCUT2D eigenvalue weighted by molar-refractivity contribution is 9.10. The van der Waals surface area contributed by atoms with Gasteiger partial charge in [-0.05, 0) is 34.1 Å². The van der Waals surface area contributed by atoms with E-state index < -0.39 is 10.7 Å². The van der Waals surface area contributed by atoms with Crippen molar-refractivity contribution in [3.8, 4) is 0 Å². The van der Waals surface area contributed by atoms with Gasteiger partial charge in [0.15, 0.2) is 0 Å². The third-order valence-electron chi connectivity index (χ3n) is 1.60. The molecule has 6 heteroatoms. The van der Waals surface area contributed by atoms with Crippen LogP contribution in [0.4, 0.5) is 4.39 Å². The van der Waals surface area contributed by atoms with Crippen molar-refractivity contribution >= 4 is 45.0 Å². The second kappa shape index (κ2) is 5.68. The number of rotatable bonds is 3. The lowest BCUT2D eigenvalue weighted by Gasteiger charge is -2.05. The van der Waals surface area contributed by atoms with Crippen LogP contribution in [0, 0.1) is 5.82 Å². The summed E-state index contributed by atoms with van der Waals surface area (Å²) in [6.45, 7) is 0.150. The van der Waals surface area contributed by atoms with Gasteiger partial charge in [0.2, 0.25) is 0 Å². The third-order valence-corrected chi connectivity index (χ3v) is 2.52. The number of amides is 1. The molecule has 1 rings (SSSR count). The van der Waals surface area contributed by atoms with Crippen LogP contribution in [-0.2, 0) is 0 Å². The number of halogens is 4. The molecular weight excluding hydrogens is 308 g/mol. The summed E-state index contributed by atoms with van der Waals surface area (Å²) < 4.78 is 13.1. The van der Waals surface area contributed by atoms with Crippen molar-refractivity contribution in [3.63, 3.8) is 0 Å². The second-order valence-corrected chi connectivity index (χ2v) is 4.86. The zero-order valence-electron chi connectivity index (χ0n) is 7.44. The summed E-state index contributed by atoms with van der Waals surface area (Å²) >= 11 is 13.9. The third kappa shape index (κ3) is 3.97. The molecule has 0 aliphatic heterocycles. The van der Waals surface area contributed by atoms with Crippen LogP contribution in [0.1, 0.15) is 10.4 Å². The van der Waals surface area contributed by atoms with Crippen molar-refractivity contribution in [2.24, 2.45) is 0 Å². The van der Waals surface area contributed by atoms with E-state index >= 15 is 0 Å². The SMILES string of the molecule is O=C(NCC(Cl)Cl)c1ccc(F)c(Br)c1. The molecule has 0 aromatic heterocycles. The van der Waals surface area contributed by atoms with Crippen molar-refractivity contribution in [1.82, 2.24) is 5.32 Å². The highest BCUT2D eigenvalue weighted by Crippen LogP contribution is 2.16. The summed E-state index contributed by atoms with van der Waals surface area (Å²) in [5.41, 5.74) is 0.345. The van der Waals surface area contributed by atoms with Gasteiger partial charge in [-0.2, -0.15) is 0 Å². The molecule has 0 aliphatic carbocycles. The zero-order chi connectivity index (χ0) is 11.4. The van der Waals surface area contributed by atoms with Crippen molar-refractivity contribution in [1.29, 1.82) is 0 Å². The van der Waals surface area contributed by atoms with E-state index in [1.165, 1.54) is 18.2 Å². The molecule has 0 atom stereocenters. The standard InChI is InChI=1S/C9H7BrCl2FNO/c10-6-3-5(1-2-7(6)13)9(15)14-4-8(11)12/h1-3,8H,4H2,(H,14,15). The Kier molecular flexibility index (Phi) is 4.83. The maximum atomic E-state index is 12.9. The Bertz CT molecular complexity index is 373. The first-order chi connectivity index (χ1) is 7.00. The average molecular weight is 315 g/mol. The quantitative estimate of drug-likeness (QED) is 0.853. The summed E-state index contributed by atoms with van der Waals surface area (Å²) in [7, 11) is 0. The van der Waals surface area contributed by atoms with Crippen LogP contribution >= 0.6 is 39.1 Å². The first-order valence-electron chi connectivity index (χ1n) is 4.02. The van der Waals surface area contributed by atoms with E-state index in [-0.39, 0.29) is 16.9 Å². The fourth-order valence-corrected chi connectivity index (χ4v) is 1.44. The highest BCUT2D eigenvalue weighted by Gasteiger charge is 2.09. The number of nitrogens with one attached hydrogen (secondary N) is 1. The van der Waals surface area contributed by atoms with Gasteiger partial charge in [-0.1, -0.05) is 0 Å². The van der Waals surface area contributed by atoms with Gasteiger partial charge in [0.1, 0.15) is 10.7 Å². The van der Waals surface area contributed by atoms with Crippen LogP contribution < -0.4 is 5.32 Å². The summed E-state index contributed by atoms with van der Waals surface area (Å²) in [5.74, 6) is -0.763. The van der Waals surface area contributed by atoms with Crippen LogP contribution in [0.2, 0.25) is 0 Å². The smallest absolute Gasteiger partial charge is 0.251 e. The van der Waals surface area contributed by atoms with E-state index in [4.69, 9.17) is 23.2 Å². The molecule has 0 spiro atoms. The monoisotopic (exact) mass is 313 g/mol. The second-order valence-electron chi connectivity index (χ2n) is 2.73. The van der Waals surface area contributed by atoms with Gasteiger partial charge in [-0.3, -0.25) is 4.79 Å². The molecule has 0 aliphatic rings.